The highest BCUT2D eigenvalue weighted by atomic mass is 19.2. The third kappa shape index (κ3) is 3.15. The molecule has 0 aliphatic heterocycles. The first-order chi connectivity index (χ1) is 10.3. The van der Waals surface area contributed by atoms with E-state index in [1.807, 2.05) is 0 Å². The molecule has 0 aliphatic rings. The average Bonchev–Trinajstić information content (AvgIpc) is 2.48. The van der Waals surface area contributed by atoms with Gasteiger partial charge in [0.2, 0.25) is 11.6 Å². The Hall–Kier alpha value is -2.25. The SMILES string of the molecule is CCC=C(C(=O)OCC)C(=O)c1c(F)c(F)c(F)c(F)c1F. The van der Waals surface area contributed by atoms with Crippen LogP contribution in [0.25, 0.3) is 0 Å². The van der Waals surface area contributed by atoms with Gasteiger partial charge in [-0.2, -0.15) is 0 Å². The Balaban J connectivity index is 3.50. The smallest absolute Gasteiger partial charge is 0.341 e. The molecule has 0 radical (unpaired) electrons. The van der Waals surface area contributed by atoms with Crippen LogP contribution in [0.4, 0.5) is 22.0 Å². The molecule has 8 heteroatoms. The summed E-state index contributed by atoms with van der Waals surface area (Å²) < 4.78 is 70.9. The van der Waals surface area contributed by atoms with Gasteiger partial charge in [-0.1, -0.05) is 13.0 Å². The fourth-order valence-corrected chi connectivity index (χ4v) is 1.62. The number of hydrogen-bond donors (Lipinski definition) is 0. The summed E-state index contributed by atoms with van der Waals surface area (Å²) in [5.41, 5.74) is -2.49. The van der Waals surface area contributed by atoms with E-state index in [0.717, 1.165) is 6.08 Å². The molecule has 1 aromatic carbocycles. The van der Waals surface area contributed by atoms with Crippen molar-refractivity contribution in [3.8, 4) is 0 Å². The van der Waals surface area contributed by atoms with Crippen molar-refractivity contribution < 1.29 is 36.3 Å². The van der Waals surface area contributed by atoms with Crippen molar-refractivity contribution in [1.82, 2.24) is 0 Å². The van der Waals surface area contributed by atoms with Gasteiger partial charge in [-0.25, -0.2) is 26.7 Å². The van der Waals surface area contributed by atoms with Gasteiger partial charge in [-0.05, 0) is 13.3 Å². The average molecular weight is 322 g/mol. The molecular weight excluding hydrogens is 311 g/mol. The third-order valence-electron chi connectivity index (χ3n) is 2.59. The molecule has 1 rings (SSSR count). The van der Waals surface area contributed by atoms with Gasteiger partial charge in [0, 0.05) is 0 Å². The standard InChI is InChI=1S/C14H11F5O3/c1-3-5-6(14(21)22-4-2)13(20)7-8(15)10(17)12(19)11(18)9(7)16/h5H,3-4H2,1-2H3. The molecule has 0 aliphatic carbocycles. The molecule has 0 bridgehead atoms. The molecule has 0 N–H and O–H groups in total. The summed E-state index contributed by atoms with van der Waals surface area (Å²) in [6.07, 6.45) is 1.09. The van der Waals surface area contributed by atoms with E-state index in [9.17, 15) is 31.5 Å². The van der Waals surface area contributed by atoms with Gasteiger partial charge in [0.05, 0.1) is 6.61 Å². The van der Waals surface area contributed by atoms with Crippen LogP contribution in [0.15, 0.2) is 11.6 Å². The Morgan fingerprint density at radius 1 is 0.909 bits per heavy atom. The van der Waals surface area contributed by atoms with Crippen molar-refractivity contribution in [1.29, 1.82) is 0 Å². The highest BCUT2D eigenvalue weighted by Gasteiger charge is 2.33. The molecule has 120 valence electrons. The molecule has 0 unspecified atom stereocenters. The van der Waals surface area contributed by atoms with Crippen LogP contribution in [0.1, 0.15) is 30.6 Å². The Morgan fingerprint density at radius 3 is 1.77 bits per heavy atom. The lowest BCUT2D eigenvalue weighted by atomic mass is 10.0. The number of benzene rings is 1. The maximum atomic E-state index is 13.6. The van der Waals surface area contributed by atoms with Crippen LogP contribution in [0.2, 0.25) is 0 Å². The van der Waals surface area contributed by atoms with Crippen molar-refractivity contribution in [2.75, 3.05) is 6.61 Å². The second-order valence-electron chi connectivity index (χ2n) is 4.02. The van der Waals surface area contributed by atoms with Crippen molar-refractivity contribution in [3.05, 3.63) is 46.3 Å². The van der Waals surface area contributed by atoms with E-state index in [0.29, 0.717) is 0 Å². The van der Waals surface area contributed by atoms with E-state index in [1.54, 1.807) is 0 Å². The number of esters is 1. The summed E-state index contributed by atoms with van der Waals surface area (Å²) in [4.78, 5) is 23.6. The van der Waals surface area contributed by atoms with Gasteiger partial charge in [0.15, 0.2) is 23.3 Å². The Kier molecular flexibility index (Phi) is 5.78. The van der Waals surface area contributed by atoms with Gasteiger partial charge in [-0.3, -0.25) is 4.79 Å². The minimum absolute atomic E-state index is 0.106. The molecule has 0 saturated carbocycles. The number of allylic oxidation sites excluding steroid dienone is 1. The monoisotopic (exact) mass is 322 g/mol. The number of hydrogen-bond acceptors (Lipinski definition) is 3. The van der Waals surface area contributed by atoms with Crippen molar-refractivity contribution in [2.24, 2.45) is 0 Å². The number of carbonyl (C=O) groups excluding carboxylic acids is 2. The van der Waals surface area contributed by atoms with Gasteiger partial charge >= 0.3 is 5.97 Å². The van der Waals surface area contributed by atoms with Crippen LogP contribution in [-0.4, -0.2) is 18.4 Å². The molecular formula is C14H11F5O3. The van der Waals surface area contributed by atoms with Crippen LogP contribution >= 0.6 is 0 Å². The summed E-state index contributed by atoms with van der Waals surface area (Å²) in [5, 5.41) is 0. The molecule has 0 amide bonds. The second-order valence-corrected chi connectivity index (χ2v) is 4.02. The topological polar surface area (TPSA) is 43.4 Å². The van der Waals surface area contributed by atoms with Gasteiger partial charge in [0.25, 0.3) is 0 Å². The number of carbonyl (C=O) groups is 2. The molecule has 0 heterocycles. The summed E-state index contributed by atoms with van der Waals surface area (Å²) >= 11 is 0. The first-order valence-electron chi connectivity index (χ1n) is 6.21. The van der Waals surface area contributed by atoms with Crippen LogP contribution < -0.4 is 0 Å². The lowest BCUT2D eigenvalue weighted by molar-refractivity contribution is -0.138. The molecule has 22 heavy (non-hydrogen) atoms. The van der Waals surface area contributed by atoms with Crippen LogP contribution in [0.3, 0.4) is 0 Å². The minimum Gasteiger partial charge on any atom is -0.462 e. The highest BCUT2D eigenvalue weighted by Crippen LogP contribution is 2.25. The Morgan fingerprint density at radius 2 is 1.36 bits per heavy atom. The first kappa shape index (κ1) is 17.8. The quantitative estimate of drug-likeness (QED) is 0.122. The van der Waals surface area contributed by atoms with Crippen molar-refractivity contribution in [3.63, 3.8) is 0 Å². The zero-order valence-electron chi connectivity index (χ0n) is 11.6. The maximum Gasteiger partial charge on any atom is 0.341 e. The number of halogens is 5. The molecule has 1 aromatic rings. The van der Waals surface area contributed by atoms with E-state index in [-0.39, 0.29) is 13.0 Å². The van der Waals surface area contributed by atoms with Gasteiger partial charge < -0.3 is 4.74 Å². The summed E-state index contributed by atoms with van der Waals surface area (Å²) in [5.74, 6) is -14.3. The number of ketones is 1. The van der Waals surface area contributed by atoms with Gasteiger partial charge in [0.1, 0.15) is 11.1 Å². The number of ether oxygens (including phenoxy) is 1. The van der Waals surface area contributed by atoms with Crippen LogP contribution in [0, 0.1) is 29.1 Å². The summed E-state index contributed by atoms with van der Waals surface area (Å²) in [6, 6.07) is 0. The Bertz CT molecular complexity index is 623. The van der Waals surface area contributed by atoms with Crippen LogP contribution in [-0.2, 0) is 9.53 Å². The normalized spacial score (nSPS) is 11.5. The van der Waals surface area contributed by atoms with Crippen molar-refractivity contribution >= 4 is 11.8 Å². The van der Waals surface area contributed by atoms with Gasteiger partial charge in [-0.15, -0.1) is 0 Å². The van der Waals surface area contributed by atoms with E-state index in [4.69, 9.17) is 0 Å². The minimum atomic E-state index is -2.39. The lowest BCUT2D eigenvalue weighted by Crippen LogP contribution is -2.20. The predicted octanol–water partition coefficient (Wildman–Crippen LogP) is 3.46. The predicted molar refractivity (Wildman–Crippen MR) is 65.6 cm³/mol. The molecule has 0 saturated heterocycles. The fourth-order valence-electron chi connectivity index (χ4n) is 1.62. The third-order valence-corrected chi connectivity index (χ3v) is 2.59. The van der Waals surface area contributed by atoms with E-state index < -0.39 is 52.0 Å². The van der Waals surface area contributed by atoms with Crippen LogP contribution in [0.5, 0.6) is 0 Å². The maximum absolute atomic E-state index is 13.6. The molecule has 0 fully saturated rings. The first-order valence-corrected chi connectivity index (χ1v) is 6.21. The zero-order chi connectivity index (χ0) is 17.0. The lowest BCUT2D eigenvalue weighted by Gasteiger charge is -2.09. The highest BCUT2D eigenvalue weighted by molar-refractivity contribution is 6.24. The summed E-state index contributed by atoms with van der Waals surface area (Å²) in [6.45, 7) is 2.79. The molecule has 3 nitrogen and oxygen atoms in total. The molecule has 0 atom stereocenters. The molecule has 0 aromatic heterocycles. The zero-order valence-corrected chi connectivity index (χ0v) is 11.6. The fraction of sp³-hybridized carbons (Fsp3) is 0.286. The van der Waals surface area contributed by atoms with E-state index in [1.165, 1.54) is 13.8 Å². The molecule has 0 spiro atoms. The summed E-state index contributed by atoms with van der Waals surface area (Å²) in [7, 11) is 0. The van der Waals surface area contributed by atoms with Crippen molar-refractivity contribution in [2.45, 2.75) is 20.3 Å². The largest absolute Gasteiger partial charge is 0.462 e. The Labute approximate surface area is 122 Å². The second kappa shape index (κ2) is 7.15. The number of rotatable bonds is 5. The van der Waals surface area contributed by atoms with E-state index >= 15 is 0 Å². The number of Topliss-reactive ketones (excluding diaryl/α,β-unsaturated/α-hetero) is 1. The van der Waals surface area contributed by atoms with E-state index in [2.05, 4.69) is 4.74 Å².